The van der Waals surface area contributed by atoms with Gasteiger partial charge < -0.3 is 24.4 Å². The molecule has 1 aliphatic heterocycles. The van der Waals surface area contributed by atoms with E-state index in [4.69, 9.17) is 14.6 Å². The Hall–Kier alpha value is -3.48. The van der Waals surface area contributed by atoms with Crippen molar-refractivity contribution in [1.82, 2.24) is 24.7 Å². The average molecular weight is 523 g/mol. The van der Waals surface area contributed by atoms with Gasteiger partial charge in [0.2, 0.25) is 11.9 Å². The monoisotopic (exact) mass is 522 g/mol. The van der Waals surface area contributed by atoms with Crippen molar-refractivity contribution in [2.24, 2.45) is 0 Å². The number of amides is 3. The number of likely N-dealkylation sites (N-methyl/N-ethyl adjacent to an activating group) is 1. The molecule has 2 heterocycles. The summed E-state index contributed by atoms with van der Waals surface area (Å²) in [5, 5.41) is 8.84. The maximum Gasteiger partial charge on any atom is 0.420 e. The number of carboxylic acids is 1. The highest BCUT2D eigenvalue weighted by Crippen LogP contribution is 2.18. The number of anilines is 1. The molecule has 0 radical (unpaired) electrons. The predicted octanol–water partition coefficient (Wildman–Crippen LogP) is 1.81. The Bertz CT molecular complexity index is 935. The maximum absolute atomic E-state index is 12.7. The second-order valence-corrected chi connectivity index (χ2v) is 10.9. The SMILES string of the molecule is CN(CC(=O)O)CC(=O)N1CCN(c2ncc(CN(C(=O)OC(C)(C)C)C(=O)OC(C)(C)C)cn2)CC1. The van der Waals surface area contributed by atoms with Gasteiger partial charge in [-0.3, -0.25) is 14.5 Å². The Morgan fingerprint density at radius 1 is 0.892 bits per heavy atom. The quantitative estimate of drug-likeness (QED) is 0.559. The number of carboxylic acid groups (broad SMARTS) is 1. The zero-order valence-corrected chi connectivity index (χ0v) is 22.7. The number of ether oxygens (including phenoxy) is 2. The van der Waals surface area contributed by atoms with E-state index in [1.165, 1.54) is 17.3 Å². The Balaban J connectivity index is 2.01. The molecule has 0 spiro atoms. The van der Waals surface area contributed by atoms with Crippen LogP contribution in [0.2, 0.25) is 0 Å². The first-order valence-corrected chi connectivity index (χ1v) is 12.0. The van der Waals surface area contributed by atoms with Crippen LogP contribution in [0.5, 0.6) is 0 Å². The molecule has 1 aliphatic rings. The summed E-state index contributed by atoms with van der Waals surface area (Å²) in [7, 11) is 1.59. The number of nitrogens with zero attached hydrogens (tertiary/aromatic N) is 6. The van der Waals surface area contributed by atoms with E-state index in [-0.39, 0.29) is 25.5 Å². The van der Waals surface area contributed by atoms with Crippen LogP contribution < -0.4 is 4.90 Å². The molecular formula is C24H38N6O7. The lowest BCUT2D eigenvalue weighted by atomic mass is 10.2. The average Bonchev–Trinajstić information content (AvgIpc) is 2.75. The van der Waals surface area contributed by atoms with Crippen LogP contribution >= 0.6 is 0 Å². The minimum absolute atomic E-state index is 0.0310. The van der Waals surface area contributed by atoms with E-state index in [0.29, 0.717) is 37.7 Å². The minimum atomic E-state index is -0.985. The van der Waals surface area contributed by atoms with E-state index in [2.05, 4.69) is 9.97 Å². The summed E-state index contributed by atoms with van der Waals surface area (Å²) in [5.41, 5.74) is -1.09. The van der Waals surface area contributed by atoms with E-state index in [1.807, 2.05) is 4.90 Å². The van der Waals surface area contributed by atoms with E-state index < -0.39 is 29.4 Å². The molecule has 13 heteroatoms. The molecule has 1 aromatic heterocycles. The molecule has 1 saturated heterocycles. The predicted molar refractivity (Wildman–Crippen MR) is 134 cm³/mol. The third-order valence-electron chi connectivity index (χ3n) is 4.99. The summed E-state index contributed by atoms with van der Waals surface area (Å²) in [4.78, 5) is 63.3. The van der Waals surface area contributed by atoms with Crippen molar-refractivity contribution in [2.45, 2.75) is 59.3 Å². The second-order valence-electron chi connectivity index (χ2n) is 10.9. The number of aliphatic carboxylic acids is 1. The molecule has 0 saturated carbocycles. The molecule has 37 heavy (non-hydrogen) atoms. The lowest BCUT2D eigenvalue weighted by molar-refractivity contribution is -0.139. The first kappa shape index (κ1) is 29.7. The van der Waals surface area contributed by atoms with E-state index in [9.17, 15) is 19.2 Å². The molecule has 0 bridgehead atoms. The number of hydrogen-bond acceptors (Lipinski definition) is 10. The number of carbonyl (C=O) groups excluding carboxylic acids is 3. The van der Waals surface area contributed by atoms with Crippen LogP contribution in [0.1, 0.15) is 47.1 Å². The molecule has 0 aliphatic carbocycles. The van der Waals surface area contributed by atoms with Gasteiger partial charge in [-0.05, 0) is 48.6 Å². The second kappa shape index (κ2) is 12.2. The zero-order chi connectivity index (χ0) is 28.0. The van der Waals surface area contributed by atoms with Crippen molar-refractivity contribution in [3.63, 3.8) is 0 Å². The highest BCUT2D eigenvalue weighted by molar-refractivity contribution is 5.88. The van der Waals surface area contributed by atoms with Crippen LogP contribution in [0, 0.1) is 0 Å². The van der Waals surface area contributed by atoms with Crippen molar-refractivity contribution < 1.29 is 33.8 Å². The number of hydrogen-bond donors (Lipinski definition) is 1. The summed E-state index contributed by atoms with van der Waals surface area (Å²) >= 11 is 0. The van der Waals surface area contributed by atoms with Crippen LogP contribution in [-0.4, -0.2) is 111 Å². The largest absolute Gasteiger partial charge is 0.480 e. The Labute approximate surface area is 217 Å². The van der Waals surface area contributed by atoms with E-state index in [1.54, 1.807) is 53.5 Å². The number of carbonyl (C=O) groups is 4. The van der Waals surface area contributed by atoms with Gasteiger partial charge in [0.05, 0.1) is 19.6 Å². The van der Waals surface area contributed by atoms with Crippen LogP contribution in [0.4, 0.5) is 15.5 Å². The normalized spacial score (nSPS) is 14.4. The van der Waals surface area contributed by atoms with Gasteiger partial charge in [0, 0.05) is 44.1 Å². The van der Waals surface area contributed by atoms with Crippen LogP contribution in [0.25, 0.3) is 0 Å². The molecular weight excluding hydrogens is 484 g/mol. The van der Waals surface area contributed by atoms with E-state index in [0.717, 1.165) is 4.90 Å². The smallest absolute Gasteiger partial charge is 0.420 e. The number of aromatic nitrogens is 2. The first-order chi connectivity index (χ1) is 17.0. The van der Waals surface area contributed by atoms with Crippen LogP contribution in [0.15, 0.2) is 12.4 Å². The lowest BCUT2D eigenvalue weighted by Gasteiger charge is -2.35. The number of imide groups is 1. The fraction of sp³-hybridized carbons (Fsp3) is 0.667. The van der Waals surface area contributed by atoms with Gasteiger partial charge in [-0.2, -0.15) is 0 Å². The summed E-state index contributed by atoms with van der Waals surface area (Å²) in [6.07, 6.45) is 1.39. The minimum Gasteiger partial charge on any atom is -0.480 e. The van der Waals surface area contributed by atoms with Crippen molar-refractivity contribution in [2.75, 3.05) is 51.2 Å². The summed E-state index contributed by atoms with van der Waals surface area (Å²) < 4.78 is 10.7. The van der Waals surface area contributed by atoms with Crippen molar-refractivity contribution in [3.05, 3.63) is 18.0 Å². The molecule has 206 valence electrons. The summed E-state index contributed by atoms with van der Waals surface area (Å²) in [6.45, 7) is 11.9. The first-order valence-electron chi connectivity index (χ1n) is 12.0. The molecule has 1 aromatic rings. The van der Waals surface area contributed by atoms with Gasteiger partial charge in [-0.15, -0.1) is 0 Å². The van der Waals surface area contributed by atoms with Gasteiger partial charge in [0.15, 0.2) is 0 Å². The molecule has 0 aromatic carbocycles. The summed E-state index contributed by atoms with van der Waals surface area (Å²) in [5.74, 6) is -0.662. The molecule has 2 rings (SSSR count). The molecule has 13 nitrogen and oxygen atoms in total. The molecule has 0 unspecified atom stereocenters. The fourth-order valence-corrected chi connectivity index (χ4v) is 3.39. The number of piperazine rings is 1. The van der Waals surface area contributed by atoms with Gasteiger partial charge in [-0.25, -0.2) is 24.5 Å². The van der Waals surface area contributed by atoms with Gasteiger partial charge >= 0.3 is 18.2 Å². The molecule has 1 fully saturated rings. The van der Waals surface area contributed by atoms with Gasteiger partial charge in [0.25, 0.3) is 0 Å². The topological polar surface area (TPSA) is 146 Å². The molecule has 0 atom stereocenters. The Morgan fingerprint density at radius 3 is 1.81 bits per heavy atom. The summed E-state index contributed by atoms with van der Waals surface area (Å²) in [6, 6.07) is 0. The van der Waals surface area contributed by atoms with E-state index >= 15 is 0 Å². The Kier molecular flexibility index (Phi) is 9.79. The standard InChI is InChI=1S/C24H38N6O7/c1-23(2,3)36-21(34)30(22(35)37-24(4,5)6)14-17-12-25-20(26-13-17)29-10-8-28(9-11-29)18(31)15-27(7)16-19(32)33/h12-13H,8-11,14-16H2,1-7H3,(H,32,33). The highest BCUT2D eigenvalue weighted by Gasteiger charge is 2.31. The van der Waals surface area contributed by atoms with Gasteiger partial charge in [-0.1, -0.05) is 0 Å². The molecule has 1 N–H and O–H groups in total. The van der Waals surface area contributed by atoms with Crippen molar-refractivity contribution >= 4 is 30.0 Å². The zero-order valence-electron chi connectivity index (χ0n) is 22.7. The van der Waals surface area contributed by atoms with Crippen molar-refractivity contribution in [1.29, 1.82) is 0 Å². The third-order valence-corrected chi connectivity index (χ3v) is 4.99. The van der Waals surface area contributed by atoms with Gasteiger partial charge in [0.1, 0.15) is 11.2 Å². The van der Waals surface area contributed by atoms with Crippen molar-refractivity contribution in [3.8, 4) is 0 Å². The third kappa shape index (κ3) is 10.2. The number of rotatable bonds is 7. The van der Waals surface area contributed by atoms with Crippen LogP contribution in [-0.2, 0) is 25.6 Å². The maximum atomic E-state index is 12.7. The molecule has 3 amide bonds. The fourth-order valence-electron chi connectivity index (χ4n) is 3.39. The lowest BCUT2D eigenvalue weighted by Crippen LogP contribution is -2.51. The van der Waals surface area contributed by atoms with Crippen LogP contribution in [0.3, 0.4) is 0 Å². The Morgan fingerprint density at radius 2 is 1.38 bits per heavy atom. The highest BCUT2D eigenvalue weighted by atomic mass is 16.6.